The first-order valence-electron chi connectivity index (χ1n) is 11.1. The van der Waals surface area contributed by atoms with E-state index in [4.69, 9.17) is 14.2 Å². The Morgan fingerprint density at radius 3 is 2.67 bits per heavy atom. The van der Waals surface area contributed by atoms with Crippen LogP contribution in [0.15, 0.2) is 48.5 Å². The minimum Gasteiger partial charge on any atom is -0.497 e. The fraction of sp³-hybridized carbons (Fsp3) is 0.440. The van der Waals surface area contributed by atoms with Crippen molar-refractivity contribution in [2.24, 2.45) is 0 Å². The summed E-state index contributed by atoms with van der Waals surface area (Å²) in [5.74, 6) is 1.01. The summed E-state index contributed by atoms with van der Waals surface area (Å²) in [6.07, 6.45) is 1.32. The zero-order chi connectivity index (χ0) is 23.6. The fourth-order valence-corrected chi connectivity index (χ4v) is 3.89. The second-order valence-corrected chi connectivity index (χ2v) is 8.04. The Morgan fingerprint density at radius 2 is 1.94 bits per heavy atom. The molecule has 1 fully saturated rings. The highest BCUT2D eigenvalue weighted by Crippen LogP contribution is 2.22. The molecule has 1 heterocycles. The minimum atomic E-state index is -0.776. The van der Waals surface area contributed by atoms with Crippen molar-refractivity contribution in [2.45, 2.75) is 38.0 Å². The first-order chi connectivity index (χ1) is 16.0. The number of likely N-dealkylation sites (tertiary alicyclic amines) is 1. The predicted octanol–water partition coefficient (Wildman–Crippen LogP) is 2.39. The van der Waals surface area contributed by atoms with E-state index in [9.17, 15) is 14.7 Å². The SMILES string of the molecule is COC(=O)c1ccc(CNCC[C@@H]2CCC(=O)N2C[C@H](O)COc2cccc(OC)c2)cc1. The number of nitrogens with one attached hydrogen (secondary N) is 1. The Kier molecular flexibility index (Phi) is 9.09. The molecule has 0 aliphatic carbocycles. The standard InChI is InChI=1S/C25H32N2O6/c1-31-22-4-3-5-23(14-22)33-17-21(28)16-27-20(10-11-24(27)29)12-13-26-15-18-6-8-19(9-7-18)25(30)32-2/h3-9,14,20-21,26,28H,10-13,15-17H2,1-2H3/t20-,21-/m0/s1. The molecular formula is C25H32N2O6. The molecule has 1 aliphatic rings. The highest BCUT2D eigenvalue weighted by molar-refractivity contribution is 5.89. The Balaban J connectivity index is 1.41. The summed E-state index contributed by atoms with van der Waals surface area (Å²) in [7, 11) is 2.95. The van der Waals surface area contributed by atoms with Gasteiger partial charge in [0, 0.05) is 25.1 Å². The van der Waals surface area contributed by atoms with Crippen LogP contribution in [-0.2, 0) is 16.1 Å². The van der Waals surface area contributed by atoms with E-state index in [2.05, 4.69) is 5.32 Å². The summed E-state index contributed by atoms with van der Waals surface area (Å²) >= 11 is 0. The highest BCUT2D eigenvalue weighted by atomic mass is 16.5. The zero-order valence-corrected chi connectivity index (χ0v) is 19.2. The second-order valence-electron chi connectivity index (χ2n) is 8.04. The average molecular weight is 457 g/mol. The lowest BCUT2D eigenvalue weighted by molar-refractivity contribution is -0.130. The van der Waals surface area contributed by atoms with Crippen molar-refractivity contribution in [3.63, 3.8) is 0 Å². The molecular weight excluding hydrogens is 424 g/mol. The summed E-state index contributed by atoms with van der Waals surface area (Å²) in [6, 6.07) is 14.6. The van der Waals surface area contributed by atoms with Gasteiger partial charge >= 0.3 is 5.97 Å². The van der Waals surface area contributed by atoms with Crippen LogP contribution in [0.1, 0.15) is 35.2 Å². The number of nitrogens with zero attached hydrogens (tertiary/aromatic N) is 1. The summed E-state index contributed by atoms with van der Waals surface area (Å²) in [5.41, 5.74) is 1.59. The number of aliphatic hydroxyl groups is 1. The van der Waals surface area contributed by atoms with Gasteiger partial charge in [-0.05, 0) is 49.2 Å². The molecule has 0 bridgehead atoms. The van der Waals surface area contributed by atoms with Crippen LogP contribution in [0.25, 0.3) is 0 Å². The van der Waals surface area contributed by atoms with Gasteiger partial charge in [0.1, 0.15) is 24.2 Å². The molecule has 2 atom stereocenters. The maximum atomic E-state index is 12.3. The molecule has 0 saturated carbocycles. The van der Waals surface area contributed by atoms with Gasteiger partial charge in [-0.2, -0.15) is 0 Å². The van der Waals surface area contributed by atoms with Crippen LogP contribution in [0.2, 0.25) is 0 Å². The fourth-order valence-electron chi connectivity index (χ4n) is 3.89. The molecule has 2 aromatic carbocycles. The van der Waals surface area contributed by atoms with Gasteiger partial charge in [-0.25, -0.2) is 4.79 Å². The molecule has 0 radical (unpaired) electrons. The van der Waals surface area contributed by atoms with Gasteiger partial charge in [-0.15, -0.1) is 0 Å². The maximum Gasteiger partial charge on any atom is 0.337 e. The Morgan fingerprint density at radius 1 is 1.18 bits per heavy atom. The molecule has 1 aliphatic heterocycles. The molecule has 33 heavy (non-hydrogen) atoms. The lowest BCUT2D eigenvalue weighted by Crippen LogP contribution is -2.42. The van der Waals surface area contributed by atoms with Gasteiger partial charge in [-0.1, -0.05) is 18.2 Å². The van der Waals surface area contributed by atoms with Gasteiger partial charge in [0.15, 0.2) is 0 Å². The number of rotatable bonds is 12. The van der Waals surface area contributed by atoms with Gasteiger partial charge < -0.3 is 29.5 Å². The van der Waals surface area contributed by atoms with Crippen LogP contribution in [0.5, 0.6) is 11.5 Å². The Hall–Kier alpha value is -3.10. The molecule has 0 aromatic heterocycles. The molecule has 2 aromatic rings. The predicted molar refractivity (Wildman–Crippen MR) is 123 cm³/mol. The third-order valence-electron chi connectivity index (χ3n) is 5.70. The number of amides is 1. The van der Waals surface area contributed by atoms with Crippen LogP contribution in [0.4, 0.5) is 0 Å². The molecule has 1 saturated heterocycles. The van der Waals surface area contributed by atoms with E-state index in [0.717, 1.165) is 24.9 Å². The van der Waals surface area contributed by atoms with Crippen molar-refractivity contribution in [1.29, 1.82) is 0 Å². The quantitative estimate of drug-likeness (QED) is 0.374. The van der Waals surface area contributed by atoms with E-state index in [1.807, 2.05) is 24.3 Å². The van der Waals surface area contributed by atoms with Crippen molar-refractivity contribution in [3.8, 4) is 11.5 Å². The number of methoxy groups -OCH3 is 2. The van der Waals surface area contributed by atoms with Gasteiger partial charge in [0.2, 0.25) is 5.91 Å². The molecule has 8 heteroatoms. The van der Waals surface area contributed by atoms with Crippen molar-refractivity contribution in [1.82, 2.24) is 10.2 Å². The maximum absolute atomic E-state index is 12.3. The molecule has 2 N–H and O–H groups in total. The lowest BCUT2D eigenvalue weighted by atomic mass is 10.1. The van der Waals surface area contributed by atoms with Crippen molar-refractivity contribution >= 4 is 11.9 Å². The van der Waals surface area contributed by atoms with Gasteiger partial charge in [0.25, 0.3) is 0 Å². The number of carbonyl (C=O) groups excluding carboxylic acids is 2. The third kappa shape index (κ3) is 7.20. The smallest absolute Gasteiger partial charge is 0.337 e. The molecule has 0 spiro atoms. The second kappa shape index (κ2) is 12.2. The zero-order valence-electron chi connectivity index (χ0n) is 19.2. The van der Waals surface area contributed by atoms with E-state index >= 15 is 0 Å². The third-order valence-corrected chi connectivity index (χ3v) is 5.70. The molecule has 178 valence electrons. The Labute approximate surface area is 194 Å². The number of carbonyl (C=O) groups is 2. The number of β-amino-alcohol motifs (C(OH)–C–C–N with tert-alkyl or cyclic N) is 1. The number of esters is 1. The van der Waals surface area contributed by atoms with Crippen molar-refractivity contribution < 1.29 is 28.9 Å². The summed E-state index contributed by atoms with van der Waals surface area (Å²) in [6.45, 7) is 1.76. The monoisotopic (exact) mass is 456 g/mol. The Bertz CT molecular complexity index is 917. The minimum absolute atomic E-state index is 0.0684. The van der Waals surface area contributed by atoms with E-state index < -0.39 is 6.10 Å². The van der Waals surface area contributed by atoms with Crippen LogP contribution in [-0.4, -0.2) is 67.9 Å². The van der Waals surface area contributed by atoms with Crippen LogP contribution < -0.4 is 14.8 Å². The van der Waals surface area contributed by atoms with E-state index in [1.54, 1.807) is 36.3 Å². The first-order valence-corrected chi connectivity index (χ1v) is 11.1. The van der Waals surface area contributed by atoms with E-state index in [0.29, 0.717) is 30.0 Å². The van der Waals surface area contributed by atoms with Crippen molar-refractivity contribution in [2.75, 3.05) is 33.9 Å². The number of benzene rings is 2. The van der Waals surface area contributed by atoms with E-state index in [-0.39, 0.29) is 31.1 Å². The largest absolute Gasteiger partial charge is 0.497 e. The average Bonchev–Trinajstić information content (AvgIpc) is 3.19. The molecule has 0 unspecified atom stereocenters. The lowest BCUT2D eigenvalue weighted by Gasteiger charge is -2.27. The first kappa shape index (κ1) is 24.5. The summed E-state index contributed by atoms with van der Waals surface area (Å²) in [5, 5.41) is 13.8. The van der Waals surface area contributed by atoms with Gasteiger partial charge in [-0.3, -0.25) is 4.79 Å². The van der Waals surface area contributed by atoms with E-state index in [1.165, 1.54) is 7.11 Å². The van der Waals surface area contributed by atoms with Crippen LogP contribution in [0.3, 0.4) is 0 Å². The molecule has 3 rings (SSSR count). The normalized spacial score (nSPS) is 16.5. The number of hydrogen-bond acceptors (Lipinski definition) is 7. The topological polar surface area (TPSA) is 97.3 Å². The molecule has 8 nitrogen and oxygen atoms in total. The molecule has 1 amide bonds. The van der Waals surface area contributed by atoms with Gasteiger partial charge in [0.05, 0.1) is 26.3 Å². The summed E-state index contributed by atoms with van der Waals surface area (Å²) < 4.78 is 15.5. The van der Waals surface area contributed by atoms with Crippen LogP contribution in [0, 0.1) is 0 Å². The van der Waals surface area contributed by atoms with Crippen LogP contribution >= 0.6 is 0 Å². The number of hydrogen-bond donors (Lipinski definition) is 2. The summed E-state index contributed by atoms with van der Waals surface area (Å²) in [4.78, 5) is 25.6. The highest BCUT2D eigenvalue weighted by Gasteiger charge is 2.31. The van der Waals surface area contributed by atoms with Crippen molar-refractivity contribution in [3.05, 3.63) is 59.7 Å². The number of ether oxygens (including phenoxy) is 3. The number of aliphatic hydroxyl groups excluding tert-OH is 1.